The molecule has 132 valence electrons. The molecule has 1 saturated heterocycles. The fourth-order valence-electron chi connectivity index (χ4n) is 3.19. The van der Waals surface area contributed by atoms with Crippen LogP contribution in [0.25, 0.3) is 0 Å². The van der Waals surface area contributed by atoms with Crippen LogP contribution in [0, 0.1) is 6.92 Å². The maximum absolute atomic E-state index is 12.8. The molecule has 0 radical (unpaired) electrons. The molecule has 1 aliphatic rings. The minimum absolute atomic E-state index is 0.247. The molecule has 2 rings (SSSR count). The molecule has 1 aliphatic heterocycles. The summed E-state index contributed by atoms with van der Waals surface area (Å²) in [5.41, 5.74) is 0. The van der Waals surface area contributed by atoms with Gasteiger partial charge in [0.25, 0.3) is 10.0 Å². The Hall–Kier alpha value is -0.470. The van der Waals surface area contributed by atoms with Crippen molar-refractivity contribution in [2.45, 2.75) is 43.5 Å². The highest BCUT2D eigenvalue weighted by atomic mass is 32.2. The average molecular weight is 360 g/mol. The maximum atomic E-state index is 12.8. The van der Waals surface area contributed by atoms with E-state index < -0.39 is 10.0 Å². The highest BCUT2D eigenvalue weighted by Gasteiger charge is 2.36. The molecule has 1 aromatic rings. The van der Waals surface area contributed by atoms with Gasteiger partial charge in [-0.2, -0.15) is 4.31 Å². The van der Waals surface area contributed by atoms with Crippen molar-refractivity contribution in [3.63, 3.8) is 0 Å². The second-order valence-electron chi connectivity index (χ2n) is 6.78. The van der Waals surface area contributed by atoms with Gasteiger partial charge in [-0.1, -0.05) is 0 Å². The van der Waals surface area contributed by atoms with Gasteiger partial charge >= 0.3 is 0 Å². The first-order chi connectivity index (χ1) is 10.7. The van der Waals surface area contributed by atoms with Crippen molar-refractivity contribution in [1.82, 2.24) is 14.1 Å². The zero-order valence-electron chi connectivity index (χ0n) is 14.8. The average Bonchev–Trinajstić information content (AvgIpc) is 2.88. The quantitative estimate of drug-likeness (QED) is 0.780. The molecule has 0 bridgehead atoms. The van der Waals surface area contributed by atoms with Crippen molar-refractivity contribution in [2.75, 3.05) is 40.3 Å². The first kappa shape index (κ1) is 18.9. The highest BCUT2D eigenvalue weighted by molar-refractivity contribution is 7.91. The zero-order valence-corrected chi connectivity index (χ0v) is 16.5. The van der Waals surface area contributed by atoms with Crippen molar-refractivity contribution >= 4 is 21.4 Å². The van der Waals surface area contributed by atoms with Crippen LogP contribution in [-0.4, -0.2) is 74.9 Å². The molecule has 0 amide bonds. The molecule has 1 aromatic heterocycles. The van der Waals surface area contributed by atoms with Crippen molar-refractivity contribution in [3.8, 4) is 0 Å². The van der Waals surface area contributed by atoms with Gasteiger partial charge in [0, 0.05) is 36.6 Å². The fourth-order valence-corrected chi connectivity index (χ4v) is 6.23. The molecule has 0 aliphatic carbocycles. The SMILES string of the molecule is Cc1ccc(S(=O)(=O)N2CC(C)N(CCCN(C)C)C(C)C2)s1. The molecule has 0 N–H and O–H groups in total. The van der Waals surface area contributed by atoms with E-state index in [2.05, 4.69) is 37.7 Å². The maximum Gasteiger partial charge on any atom is 0.252 e. The normalized spacial score (nSPS) is 24.4. The molecule has 7 heteroatoms. The molecule has 5 nitrogen and oxygen atoms in total. The first-order valence-corrected chi connectivity index (χ1v) is 10.4. The van der Waals surface area contributed by atoms with E-state index in [4.69, 9.17) is 0 Å². The monoisotopic (exact) mass is 359 g/mol. The Labute approximate surface area is 144 Å². The van der Waals surface area contributed by atoms with Gasteiger partial charge in [0.2, 0.25) is 0 Å². The van der Waals surface area contributed by atoms with Gasteiger partial charge in [0.05, 0.1) is 0 Å². The minimum Gasteiger partial charge on any atom is -0.309 e. The molecule has 2 heterocycles. The van der Waals surface area contributed by atoms with E-state index >= 15 is 0 Å². The predicted octanol–water partition coefficient (Wildman–Crippen LogP) is 2.09. The third-order valence-electron chi connectivity index (χ3n) is 4.40. The fraction of sp³-hybridized carbons (Fsp3) is 0.750. The number of aryl methyl sites for hydroxylation is 1. The topological polar surface area (TPSA) is 43.9 Å². The van der Waals surface area contributed by atoms with Gasteiger partial charge in [0.15, 0.2) is 0 Å². The van der Waals surface area contributed by atoms with Gasteiger partial charge in [-0.25, -0.2) is 8.42 Å². The lowest BCUT2D eigenvalue weighted by Crippen LogP contribution is -2.58. The van der Waals surface area contributed by atoms with E-state index in [9.17, 15) is 8.42 Å². The van der Waals surface area contributed by atoms with Crippen molar-refractivity contribution in [3.05, 3.63) is 17.0 Å². The van der Waals surface area contributed by atoms with Crippen molar-refractivity contribution in [2.24, 2.45) is 0 Å². The van der Waals surface area contributed by atoms with Crippen LogP contribution in [-0.2, 0) is 10.0 Å². The number of piperazine rings is 1. The summed E-state index contributed by atoms with van der Waals surface area (Å²) in [7, 11) is 0.820. The van der Waals surface area contributed by atoms with Crippen LogP contribution in [0.1, 0.15) is 25.1 Å². The second-order valence-corrected chi connectivity index (χ2v) is 10.2. The number of rotatable bonds is 6. The van der Waals surface area contributed by atoms with Gasteiger partial charge < -0.3 is 4.90 Å². The Bertz CT molecular complexity index is 601. The molecule has 2 atom stereocenters. The summed E-state index contributed by atoms with van der Waals surface area (Å²) in [6, 6.07) is 4.10. The van der Waals surface area contributed by atoms with Crippen LogP contribution < -0.4 is 0 Å². The summed E-state index contributed by atoms with van der Waals surface area (Å²) >= 11 is 1.36. The number of hydrogen-bond acceptors (Lipinski definition) is 5. The lowest BCUT2D eigenvalue weighted by molar-refractivity contribution is 0.0741. The van der Waals surface area contributed by atoms with Crippen LogP contribution in [0.3, 0.4) is 0 Å². The summed E-state index contributed by atoms with van der Waals surface area (Å²) in [5, 5.41) is 0. The Morgan fingerprint density at radius 1 is 1.22 bits per heavy atom. The molecular formula is C16H29N3O2S2. The summed E-state index contributed by atoms with van der Waals surface area (Å²) < 4.78 is 27.8. The second kappa shape index (κ2) is 7.61. The van der Waals surface area contributed by atoms with E-state index in [0.717, 1.165) is 24.4 Å². The highest BCUT2D eigenvalue weighted by Crippen LogP contribution is 2.27. The summed E-state index contributed by atoms with van der Waals surface area (Å²) in [6.07, 6.45) is 1.11. The largest absolute Gasteiger partial charge is 0.309 e. The summed E-state index contributed by atoms with van der Waals surface area (Å²) in [6.45, 7) is 9.44. The van der Waals surface area contributed by atoms with E-state index in [-0.39, 0.29) is 12.1 Å². The van der Waals surface area contributed by atoms with Crippen LogP contribution in [0.4, 0.5) is 0 Å². The Kier molecular flexibility index (Phi) is 6.24. The molecular weight excluding hydrogens is 330 g/mol. The van der Waals surface area contributed by atoms with E-state index in [1.807, 2.05) is 13.0 Å². The Morgan fingerprint density at radius 3 is 2.30 bits per heavy atom. The molecule has 0 spiro atoms. The van der Waals surface area contributed by atoms with E-state index in [1.165, 1.54) is 11.3 Å². The minimum atomic E-state index is -3.35. The molecule has 0 aromatic carbocycles. The summed E-state index contributed by atoms with van der Waals surface area (Å²) in [4.78, 5) is 5.66. The zero-order chi connectivity index (χ0) is 17.2. The van der Waals surface area contributed by atoms with Gasteiger partial charge in [-0.3, -0.25) is 4.90 Å². The molecule has 1 fully saturated rings. The van der Waals surface area contributed by atoms with Crippen molar-refractivity contribution in [1.29, 1.82) is 0 Å². The van der Waals surface area contributed by atoms with Crippen LogP contribution >= 0.6 is 11.3 Å². The number of thiophene rings is 1. The van der Waals surface area contributed by atoms with E-state index in [1.54, 1.807) is 10.4 Å². The predicted molar refractivity (Wildman–Crippen MR) is 96.6 cm³/mol. The lowest BCUT2D eigenvalue weighted by Gasteiger charge is -2.43. The molecule has 2 unspecified atom stereocenters. The van der Waals surface area contributed by atoms with Crippen molar-refractivity contribution < 1.29 is 8.42 Å². The number of sulfonamides is 1. The van der Waals surface area contributed by atoms with Crippen LogP contribution in [0.5, 0.6) is 0 Å². The van der Waals surface area contributed by atoms with Crippen LogP contribution in [0.15, 0.2) is 16.3 Å². The Morgan fingerprint density at radius 2 is 1.83 bits per heavy atom. The summed E-state index contributed by atoms with van der Waals surface area (Å²) in [5.74, 6) is 0. The Balaban J connectivity index is 2.03. The number of hydrogen-bond donors (Lipinski definition) is 0. The van der Waals surface area contributed by atoms with Gasteiger partial charge in [-0.05, 0) is 60.0 Å². The van der Waals surface area contributed by atoms with E-state index in [0.29, 0.717) is 17.3 Å². The van der Waals surface area contributed by atoms with Gasteiger partial charge in [-0.15, -0.1) is 11.3 Å². The van der Waals surface area contributed by atoms with Crippen LogP contribution in [0.2, 0.25) is 0 Å². The third kappa shape index (κ3) is 4.54. The standard InChI is InChI=1S/C16H29N3O2S2/c1-13-11-18(23(20,21)16-8-7-15(3)22-16)12-14(2)19(13)10-6-9-17(4)5/h7-8,13-14H,6,9-12H2,1-5H3. The first-order valence-electron chi connectivity index (χ1n) is 8.19. The molecule has 23 heavy (non-hydrogen) atoms. The van der Waals surface area contributed by atoms with Gasteiger partial charge in [0.1, 0.15) is 4.21 Å². The third-order valence-corrected chi connectivity index (χ3v) is 7.70. The number of nitrogens with zero attached hydrogens (tertiary/aromatic N) is 3. The smallest absolute Gasteiger partial charge is 0.252 e. The lowest BCUT2D eigenvalue weighted by atomic mass is 10.1. The molecule has 0 saturated carbocycles.